The molecule has 2 heterocycles. The molecule has 5 heteroatoms. The Morgan fingerprint density at radius 1 is 1.44 bits per heavy atom. The summed E-state index contributed by atoms with van der Waals surface area (Å²) in [6, 6.07) is 3.42. The van der Waals surface area contributed by atoms with Crippen LogP contribution < -0.4 is 10.9 Å². The van der Waals surface area contributed by atoms with E-state index >= 15 is 0 Å². The molecular formula is C11H14N2O2S. The summed E-state index contributed by atoms with van der Waals surface area (Å²) >= 11 is 1.91. The molecule has 4 nitrogen and oxygen atoms in total. The lowest BCUT2D eigenvalue weighted by Gasteiger charge is -2.22. The van der Waals surface area contributed by atoms with Crippen molar-refractivity contribution in [2.45, 2.75) is 18.9 Å². The second-order valence-electron chi connectivity index (χ2n) is 3.77. The molecule has 0 aromatic carbocycles. The molecule has 2 rings (SSSR count). The van der Waals surface area contributed by atoms with Crippen molar-refractivity contribution in [2.75, 3.05) is 11.5 Å². The molecule has 1 fully saturated rings. The normalized spacial score (nSPS) is 17.0. The fourth-order valence-corrected chi connectivity index (χ4v) is 2.81. The van der Waals surface area contributed by atoms with Crippen LogP contribution >= 0.6 is 11.8 Å². The summed E-state index contributed by atoms with van der Waals surface area (Å²) in [4.78, 5) is 25.7. The lowest BCUT2D eigenvalue weighted by molar-refractivity contribution is 0.0933. The fourth-order valence-electron chi connectivity index (χ4n) is 1.71. The highest BCUT2D eigenvalue weighted by atomic mass is 32.2. The maximum Gasteiger partial charge on any atom is 0.260 e. The van der Waals surface area contributed by atoms with E-state index in [9.17, 15) is 9.59 Å². The molecule has 2 N–H and O–H groups in total. The number of hydrogen-bond acceptors (Lipinski definition) is 3. The molecular weight excluding hydrogens is 224 g/mol. The molecule has 1 aliphatic heterocycles. The van der Waals surface area contributed by atoms with Crippen LogP contribution in [0.3, 0.4) is 0 Å². The number of rotatable bonds is 2. The molecule has 0 radical (unpaired) electrons. The third-order valence-corrected chi connectivity index (χ3v) is 3.67. The Bertz CT molecular complexity index is 424. The van der Waals surface area contributed by atoms with Crippen molar-refractivity contribution in [3.63, 3.8) is 0 Å². The molecule has 0 spiro atoms. The number of carbonyl (C=O) groups is 1. The number of hydrogen-bond donors (Lipinski definition) is 2. The summed E-state index contributed by atoms with van der Waals surface area (Å²) < 4.78 is 0. The van der Waals surface area contributed by atoms with Gasteiger partial charge in [0.25, 0.3) is 11.5 Å². The summed E-state index contributed by atoms with van der Waals surface area (Å²) in [6.07, 6.45) is 3.50. The van der Waals surface area contributed by atoms with Crippen LogP contribution in [0.25, 0.3) is 0 Å². The summed E-state index contributed by atoms with van der Waals surface area (Å²) in [5.74, 6) is 1.89. The topological polar surface area (TPSA) is 62.0 Å². The fraction of sp³-hybridized carbons (Fsp3) is 0.455. The van der Waals surface area contributed by atoms with Crippen molar-refractivity contribution in [2.24, 2.45) is 0 Å². The van der Waals surface area contributed by atoms with Crippen molar-refractivity contribution in [1.82, 2.24) is 10.3 Å². The van der Waals surface area contributed by atoms with Gasteiger partial charge in [-0.05, 0) is 36.5 Å². The second-order valence-corrected chi connectivity index (χ2v) is 5.00. The zero-order valence-corrected chi connectivity index (χ0v) is 9.68. The van der Waals surface area contributed by atoms with Gasteiger partial charge >= 0.3 is 0 Å². The van der Waals surface area contributed by atoms with E-state index < -0.39 is 0 Å². The van der Waals surface area contributed by atoms with E-state index in [0.29, 0.717) is 0 Å². The molecule has 1 saturated heterocycles. The first-order chi connectivity index (χ1) is 7.77. The average molecular weight is 238 g/mol. The number of H-pyrrole nitrogens is 1. The van der Waals surface area contributed by atoms with Gasteiger partial charge in [-0.1, -0.05) is 0 Å². The van der Waals surface area contributed by atoms with Gasteiger partial charge in [-0.2, -0.15) is 11.8 Å². The highest BCUT2D eigenvalue weighted by Gasteiger charge is 2.18. The molecule has 86 valence electrons. The molecule has 0 aliphatic carbocycles. The molecule has 0 unspecified atom stereocenters. The Hall–Kier alpha value is -1.23. The smallest absolute Gasteiger partial charge is 0.260 e. The van der Waals surface area contributed by atoms with Gasteiger partial charge in [-0.15, -0.1) is 0 Å². The van der Waals surface area contributed by atoms with Crippen LogP contribution in [0.1, 0.15) is 23.2 Å². The second kappa shape index (κ2) is 5.21. The zero-order chi connectivity index (χ0) is 11.4. The van der Waals surface area contributed by atoms with Gasteiger partial charge in [0.15, 0.2) is 0 Å². The maximum absolute atomic E-state index is 11.8. The molecule has 0 saturated carbocycles. The van der Waals surface area contributed by atoms with E-state index in [1.54, 1.807) is 12.1 Å². The van der Waals surface area contributed by atoms with E-state index in [-0.39, 0.29) is 23.1 Å². The highest BCUT2D eigenvalue weighted by Crippen LogP contribution is 2.16. The van der Waals surface area contributed by atoms with Gasteiger partial charge in [-0.3, -0.25) is 9.59 Å². The Labute approximate surface area is 97.8 Å². The van der Waals surface area contributed by atoms with Gasteiger partial charge in [0.05, 0.1) is 0 Å². The van der Waals surface area contributed by atoms with Gasteiger partial charge in [0, 0.05) is 12.2 Å². The summed E-state index contributed by atoms with van der Waals surface area (Å²) in [5.41, 5.74) is -0.133. The van der Waals surface area contributed by atoms with E-state index in [1.807, 2.05) is 11.8 Å². The van der Waals surface area contributed by atoms with E-state index in [0.717, 1.165) is 24.3 Å². The lowest BCUT2D eigenvalue weighted by atomic mass is 10.1. The van der Waals surface area contributed by atoms with E-state index in [2.05, 4.69) is 10.3 Å². The summed E-state index contributed by atoms with van der Waals surface area (Å²) in [6.45, 7) is 0. The quantitative estimate of drug-likeness (QED) is 0.808. The van der Waals surface area contributed by atoms with Crippen molar-refractivity contribution in [3.05, 3.63) is 34.2 Å². The molecule has 0 bridgehead atoms. The Kier molecular flexibility index (Phi) is 3.66. The van der Waals surface area contributed by atoms with Gasteiger partial charge < -0.3 is 10.3 Å². The van der Waals surface area contributed by atoms with Gasteiger partial charge in [0.1, 0.15) is 5.56 Å². The minimum atomic E-state index is -0.329. The first-order valence-corrected chi connectivity index (χ1v) is 6.49. The highest BCUT2D eigenvalue weighted by molar-refractivity contribution is 7.99. The molecule has 1 aliphatic rings. The zero-order valence-electron chi connectivity index (χ0n) is 8.86. The molecule has 1 aromatic heterocycles. The Morgan fingerprint density at radius 3 is 2.88 bits per heavy atom. The molecule has 16 heavy (non-hydrogen) atoms. The third kappa shape index (κ3) is 2.66. The number of pyridine rings is 1. The summed E-state index contributed by atoms with van der Waals surface area (Å²) in [7, 11) is 0. The van der Waals surface area contributed by atoms with E-state index in [4.69, 9.17) is 0 Å². The molecule has 1 aromatic rings. The molecule has 0 atom stereocenters. The number of carbonyl (C=O) groups excluding carboxylic acids is 1. The SMILES string of the molecule is O=C(NC1CCSCC1)c1ccc[nH]c1=O. The molecule has 1 amide bonds. The van der Waals surface area contributed by atoms with Crippen LogP contribution in [0.2, 0.25) is 0 Å². The van der Waals surface area contributed by atoms with Gasteiger partial charge in [-0.25, -0.2) is 0 Å². The Morgan fingerprint density at radius 2 is 2.19 bits per heavy atom. The van der Waals surface area contributed by atoms with Crippen LogP contribution in [-0.2, 0) is 0 Å². The first kappa shape index (κ1) is 11.3. The number of nitrogens with one attached hydrogen (secondary N) is 2. The lowest BCUT2D eigenvalue weighted by Crippen LogP contribution is -2.39. The van der Waals surface area contributed by atoms with Crippen LogP contribution in [-0.4, -0.2) is 28.4 Å². The van der Waals surface area contributed by atoms with E-state index in [1.165, 1.54) is 6.20 Å². The number of aromatic amines is 1. The van der Waals surface area contributed by atoms with Crippen molar-refractivity contribution in [1.29, 1.82) is 0 Å². The minimum Gasteiger partial charge on any atom is -0.349 e. The largest absolute Gasteiger partial charge is 0.349 e. The number of aromatic nitrogens is 1. The number of amides is 1. The number of thioether (sulfide) groups is 1. The summed E-state index contributed by atoms with van der Waals surface area (Å²) in [5, 5.41) is 2.90. The standard InChI is InChI=1S/C11H14N2O2S/c14-10-9(2-1-5-12-10)11(15)13-8-3-6-16-7-4-8/h1-2,5,8H,3-4,6-7H2,(H,12,14)(H,13,15). The van der Waals surface area contributed by atoms with Crippen LogP contribution in [0.15, 0.2) is 23.1 Å². The predicted molar refractivity (Wildman–Crippen MR) is 64.9 cm³/mol. The third-order valence-electron chi connectivity index (χ3n) is 2.62. The average Bonchev–Trinajstić information content (AvgIpc) is 2.31. The Balaban J connectivity index is 2.02. The van der Waals surface area contributed by atoms with Crippen molar-refractivity contribution < 1.29 is 4.79 Å². The minimum absolute atomic E-state index is 0.195. The predicted octanol–water partition coefficient (Wildman–Crippen LogP) is 1.00. The van der Waals surface area contributed by atoms with Crippen molar-refractivity contribution in [3.8, 4) is 0 Å². The maximum atomic E-state index is 11.8. The van der Waals surface area contributed by atoms with Crippen LogP contribution in [0.4, 0.5) is 0 Å². The first-order valence-electron chi connectivity index (χ1n) is 5.33. The van der Waals surface area contributed by atoms with Crippen LogP contribution in [0.5, 0.6) is 0 Å². The van der Waals surface area contributed by atoms with Gasteiger partial charge in [0.2, 0.25) is 0 Å². The van der Waals surface area contributed by atoms with Crippen LogP contribution in [0, 0.1) is 0 Å². The van der Waals surface area contributed by atoms with Crippen molar-refractivity contribution >= 4 is 17.7 Å². The monoisotopic (exact) mass is 238 g/mol.